The van der Waals surface area contributed by atoms with Gasteiger partial charge >= 0.3 is 6.03 Å². The van der Waals surface area contributed by atoms with Crippen LogP contribution in [0.1, 0.15) is 18.1 Å². The molecule has 2 aromatic rings. The van der Waals surface area contributed by atoms with Crippen LogP contribution in [0.2, 0.25) is 0 Å². The summed E-state index contributed by atoms with van der Waals surface area (Å²) >= 11 is 3.07. The largest absolute Gasteiger partial charge is 0.325 e. The summed E-state index contributed by atoms with van der Waals surface area (Å²) in [6.07, 6.45) is 0. The lowest BCUT2D eigenvalue weighted by molar-refractivity contribution is -0.131. The first kappa shape index (κ1) is 16.6. The Morgan fingerprint density at radius 3 is 2.50 bits per heavy atom. The molecule has 3 rings (SSSR count). The van der Waals surface area contributed by atoms with E-state index < -0.39 is 29.1 Å². The van der Waals surface area contributed by atoms with Crippen molar-refractivity contribution in [2.24, 2.45) is 0 Å². The molecule has 0 spiro atoms. The molecule has 2 aromatic carbocycles. The third kappa shape index (κ3) is 2.69. The second kappa shape index (κ2) is 5.98. The zero-order valence-corrected chi connectivity index (χ0v) is 14.2. The molecule has 1 heterocycles. The highest BCUT2D eigenvalue weighted by atomic mass is 79.9. The molecule has 24 heavy (non-hydrogen) atoms. The first-order valence-corrected chi connectivity index (χ1v) is 7.95. The van der Waals surface area contributed by atoms with Gasteiger partial charge in [0.25, 0.3) is 5.91 Å². The molecule has 7 heteroatoms. The lowest BCUT2D eigenvalue weighted by atomic mass is 9.91. The minimum atomic E-state index is -1.47. The first-order chi connectivity index (χ1) is 11.3. The van der Waals surface area contributed by atoms with Crippen LogP contribution in [0.5, 0.6) is 0 Å². The lowest BCUT2D eigenvalue weighted by Gasteiger charge is -2.22. The van der Waals surface area contributed by atoms with Crippen molar-refractivity contribution in [3.05, 3.63) is 69.7 Å². The van der Waals surface area contributed by atoms with Gasteiger partial charge in [0.2, 0.25) is 0 Å². The second-order valence-corrected chi connectivity index (χ2v) is 6.53. The smallest absolute Gasteiger partial charge is 0.319 e. The minimum absolute atomic E-state index is 0.0341. The van der Waals surface area contributed by atoms with Gasteiger partial charge in [0.05, 0.1) is 11.0 Å². The van der Waals surface area contributed by atoms with Gasteiger partial charge < -0.3 is 5.32 Å². The molecule has 1 aliphatic heterocycles. The van der Waals surface area contributed by atoms with Gasteiger partial charge in [-0.3, -0.25) is 9.69 Å². The molecular weight excluding hydrogens is 382 g/mol. The zero-order valence-electron chi connectivity index (χ0n) is 12.6. The van der Waals surface area contributed by atoms with Gasteiger partial charge in [-0.2, -0.15) is 0 Å². The Morgan fingerprint density at radius 2 is 1.83 bits per heavy atom. The van der Waals surface area contributed by atoms with Gasteiger partial charge in [-0.1, -0.05) is 24.3 Å². The maximum absolute atomic E-state index is 14.1. The lowest BCUT2D eigenvalue weighted by Crippen LogP contribution is -2.41. The quantitative estimate of drug-likeness (QED) is 0.806. The Morgan fingerprint density at radius 1 is 1.12 bits per heavy atom. The van der Waals surface area contributed by atoms with Crippen molar-refractivity contribution in [1.82, 2.24) is 10.2 Å². The van der Waals surface area contributed by atoms with E-state index in [1.54, 1.807) is 6.07 Å². The molecule has 4 nitrogen and oxygen atoms in total. The Balaban J connectivity index is 1.92. The summed E-state index contributed by atoms with van der Waals surface area (Å²) in [6, 6.07) is 9.42. The Labute approximate surface area is 145 Å². The summed E-state index contributed by atoms with van der Waals surface area (Å²) in [5, 5.41) is 2.55. The van der Waals surface area contributed by atoms with Gasteiger partial charge in [-0.05, 0) is 46.6 Å². The van der Waals surface area contributed by atoms with Crippen LogP contribution < -0.4 is 5.32 Å². The van der Waals surface area contributed by atoms with Crippen molar-refractivity contribution < 1.29 is 18.4 Å². The molecule has 1 aliphatic rings. The summed E-state index contributed by atoms with van der Waals surface area (Å²) in [6.45, 7) is 1.43. The van der Waals surface area contributed by atoms with Crippen LogP contribution in [-0.4, -0.2) is 16.8 Å². The number of carbonyl (C=O) groups excluding carboxylic acids is 2. The number of amides is 3. The van der Waals surface area contributed by atoms with Crippen LogP contribution in [0.4, 0.5) is 13.6 Å². The van der Waals surface area contributed by atoms with Crippen LogP contribution in [0.25, 0.3) is 0 Å². The molecule has 1 N–H and O–H groups in total. The molecule has 0 saturated carbocycles. The van der Waals surface area contributed by atoms with E-state index in [1.165, 1.54) is 43.3 Å². The summed E-state index contributed by atoms with van der Waals surface area (Å²) in [4.78, 5) is 26.0. The fourth-order valence-corrected chi connectivity index (χ4v) is 3.14. The van der Waals surface area contributed by atoms with Crippen LogP contribution in [0, 0.1) is 11.6 Å². The van der Waals surface area contributed by atoms with Crippen molar-refractivity contribution in [3.63, 3.8) is 0 Å². The monoisotopic (exact) mass is 394 g/mol. The number of rotatable bonds is 3. The van der Waals surface area contributed by atoms with Crippen molar-refractivity contribution in [2.45, 2.75) is 19.0 Å². The van der Waals surface area contributed by atoms with Gasteiger partial charge in [0.1, 0.15) is 17.2 Å². The molecule has 124 valence electrons. The maximum Gasteiger partial charge on any atom is 0.325 e. The van der Waals surface area contributed by atoms with Gasteiger partial charge in [-0.25, -0.2) is 13.6 Å². The zero-order chi connectivity index (χ0) is 17.5. The number of nitrogens with one attached hydrogen (secondary N) is 1. The average molecular weight is 395 g/mol. The van der Waals surface area contributed by atoms with E-state index in [2.05, 4.69) is 21.2 Å². The highest BCUT2D eigenvalue weighted by molar-refractivity contribution is 9.10. The highest BCUT2D eigenvalue weighted by Gasteiger charge is 2.50. The summed E-state index contributed by atoms with van der Waals surface area (Å²) < 4.78 is 27.6. The molecule has 3 amide bonds. The van der Waals surface area contributed by atoms with Crippen molar-refractivity contribution in [2.75, 3.05) is 0 Å². The van der Waals surface area contributed by atoms with E-state index in [0.717, 1.165) is 4.90 Å². The molecular formula is C17H13BrF2N2O2. The Hall–Kier alpha value is -2.28. The second-order valence-electron chi connectivity index (χ2n) is 5.67. The Kier molecular flexibility index (Phi) is 4.13. The molecule has 1 unspecified atom stereocenters. The summed E-state index contributed by atoms with van der Waals surface area (Å²) in [5.74, 6) is -1.56. The highest BCUT2D eigenvalue weighted by Crippen LogP contribution is 2.31. The van der Waals surface area contributed by atoms with E-state index in [9.17, 15) is 18.4 Å². The summed E-state index contributed by atoms with van der Waals surface area (Å²) in [5.41, 5.74) is -0.796. The fourth-order valence-electron chi connectivity index (χ4n) is 2.71. The van der Waals surface area contributed by atoms with Gasteiger partial charge in [0.15, 0.2) is 0 Å². The summed E-state index contributed by atoms with van der Waals surface area (Å²) in [7, 11) is 0. The number of benzene rings is 2. The predicted octanol–water partition coefficient (Wildman–Crippen LogP) is 3.69. The Bertz CT molecular complexity index is 843. The number of nitrogens with zero attached hydrogens (tertiary/aromatic N) is 1. The van der Waals surface area contributed by atoms with E-state index in [-0.39, 0.29) is 16.6 Å². The SMILES string of the molecule is CC1(c2ccccc2F)NC(=O)N(Cc2ccc(F)c(Br)c2)C1=O. The van der Waals surface area contributed by atoms with Crippen LogP contribution in [0.3, 0.4) is 0 Å². The third-order valence-electron chi connectivity index (χ3n) is 4.01. The van der Waals surface area contributed by atoms with Crippen LogP contribution in [-0.2, 0) is 16.9 Å². The topological polar surface area (TPSA) is 49.4 Å². The predicted molar refractivity (Wildman–Crippen MR) is 86.9 cm³/mol. The number of carbonyl (C=O) groups is 2. The van der Waals surface area contributed by atoms with E-state index in [4.69, 9.17) is 0 Å². The van der Waals surface area contributed by atoms with Gasteiger partial charge in [-0.15, -0.1) is 0 Å². The number of halogens is 3. The normalized spacial score (nSPS) is 20.4. The fraction of sp³-hybridized carbons (Fsp3) is 0.176. The average Bonchev–Trinajstić information content (AvgIpc) is 2.75. The van der Waals surface area contributed by atoms with Crippen molar-refractivity contribution in [1.29, 1.82) is 0 Å². The number of urea groups is 1. The van der Waals surface area contributed by atoms with Crippen LogP contribution >= 0.6 is 15.9 Å². The molecule has 1 saturated heterocycles. The van der Waals surface area contributed by atoms with E-state index in [0.29, 0.717) is 5.56 Å². The van der Waals surface area contributed by atoms with E-state index in [1.807, 2.05) is 0 Å². The van der Waals surface area contributed by atoms with E-state index >= 15 is 0 Å². The standard InChI is InChI=1S/C17H13BrF2N2O2/c1-17(11-4-2-3-5-13(11)19)15(23)22(16(24)21-17)9-10-6-7-14(20)12(18)8-10/h2-8H,9H2,1H3,(H,21,24). The molecule has 0 bridgehead atoms. The molecule has 0 aliphatic carbocycles. The number of hydrogen-bond donors (Lipinski definition) is 1. The first-order valence-electron chi connectivity index (χ1n) is 7.16. The van der Waals surface area contributed by atoms with Crippen molar-refractivity contribution >= 4 is 27.9 Å². The van der Waals surface area contributed by atoms with Crippen molar-refractivity contribution in [3.8, 4) is 0 Å². The van der Waals surface area contributed by atoms with Gasteiger partial charge in [0, 0.05) is 5.56 Å². The third-order valence-corrected chi connectivity index (χ3v) is 4.62. The molecule has 1 fully saturated rings. The van der Waals surface area contributed by atoms with Crippen LogP contribution in [0.15, 0.2) is 46.9 Å². The molecule has 1 atom stereocenters. The molecule has 0 radical (unpaired) electrons. The number of imide groups is 1. The maximum atomic E-state index is 14.1. The minimum Gasteiger partial charge on any atom is -0.319 e. The molecule has 0 aromatic heterocycles. The number of hydrogen-bond acceptors (Lipinski definition) is 2.